The van der Waals surface area contributed by atoms with Crippen molar-refractivity contribution in [3.63, 3.8) is 0 Å². The van der Waals surface area contributed by atoms with Crippen molar-refractivity contribution in [1.29, 1.82) is 5.26 Å². The molecular formula is C22H13NOS. The summed E-state index contributed by atoms with van der Waals surface area (Å²) in [4.78, 5) is 14.1. The molecule has 0 aliphatic carbocycles. The summed E-state index contributed by atoms with van der Waals surface area (Å²) in [5.74, 6) is 5.93. The van der Waals surface area contributed by atoms with E-state index in [0.717, 1.165) is 15.3 Å². The molecule has 2 nitrogen and oxygen atoms in total. The first-order valence-electron chi connectivity index (χ1n) is 7.65. The summed E-state index contributed by atoms with van der Waals surface area (Å²) >= 11 is 1.46. The number of rotatable bonds is 3. The van der Waals surface area contributed by atoms with Gasteiger partial charge >= 0.3 is 0 Å². The maximum absolute atomic E-state index is 12.4. The molecule has 1 heterocycles. The molecule has 0 unspecified atom stereocenters. The lowest BCUT2D eigenvalue weighted by molar-refractivity contribution is 0.104. The molecule has 0 aliphatic rings. The van der Waals surface area contributed by atoms with Crippen LogP contribution in [-0.4, -0.2) is 5.78 Å². The Hall–Kier alpha value is -3.40. The van der Waals surface area contributed by atoms with Gasteiger partial charge in [0.1, 0.15) is 11.6 Å². The zero-order valence-electron chi connectivity index (χ0n) is 13.3. The van der Waals surface area contributed by atoms with Gasteiger partial charge in [-0.25, -0.2) is 0 Å². The SMILES string of the molecule is N#C/C(=C\c1ccc(C#Cc2ccccc2)s1)C(=O)c1ccccc1. The molecule has 0 radical (unpaired) electrons. The number of allylic oxidation sites excluding steroid dienone is 1. The minimum atomic E-state index is -0.270. The van der Waals surface area contributed by atoms with E-state index in [0.29, 0.717) is 5.56 Å². The van der Waals surface area contributed by atoms with Crippen molar-refractivity contribution < 1.29 is 4.79 Å². The van der Waals surface area contributed by atoms with E-state index in [1.807, 2.05) is 54.6 Å². The van der Waals surface area contributed by atoms with Gasteiger partial charge in [-0.05, 0) is 30.3 Å². The third kappa shape index (κ3) is 4.32. The molecule has 1 aromatic heterocycles. The number of hydrogen-bond donors (Lipinski definition) is 0. The van der Waals surface area contributed by atoms with Crippen LogP contribution >= 0.6 is 11.3 Å². The summed E-state index contributed by atoms with van der Waals surface area (Å²) in [6, 6.07) is 24.3. The lowest BCUT2D eigenvalue weighted by Crippen LogP contribution is -2.01. The van der Waals surface area contributed by atoms with Crippen LogP contribution in [0.5, 0.6) is 0 Å². The number of hydrogen-bond acceptors (Lipinski definition) is 3. The molecule has 0 N–H and O–H groups in total. The lowest BCUT2D eigenvalue weighted by atomic mass is 10.0. The number of carbonyl (C=O) groups is 1. The van der Waals surface area contributed by atoms with E-state index in [-0.39, 0.29) is 11.4 Å². The Morgan fingerprint density at radius 1 is 0.880 bits per heavy atom. The third-order valence-corrected chi connectivity index (χ3v) is 4.37. The molecule has 0 aliphatic heterocycles. The quantitative estimate of drug-likeness (QED) is 0.293. The van der Waals surface area contributed by atoms with E-state index >= 15 is 0 Å². The fourth-order valence-corrected chi connectivity index (χ4v) is 2.99. The first kappa shape index (κ1) is 16.5. The summed E-state index contributed by atoms with van der Waals surface area (Å²) in [5, 5.41) is 9.32. The van der Waals surface area contributed by atoms with Crippen LogP contribution in [0.15, 0.2) is 78.4 Å². The summed E-state index contributed by atoms with van der Waals surface area (Å²) < 4.78 is 0. The van der Waals surface area contributed by atoms with Crippen LogP contribution < -0.4 is 0 Å². The Kier molecular flexibility index (Phi) is 5.22. The predicted molar refractivity (Wildman–Crippen MR) is 101 cm³/mol. The minimum absolute atomic E-state index is 0.121. The molecule has 3 heteroatoms. The van der Waals surface area contributed by atoms with Crippen LogP contribution in [-0.2, 0) is 0 Å². The van der Waals surface area contributed by atoms with Crippen molar-refractivity contribution >= 4 is 23.2 Å². The average Bonchev–Trinajstić information content (AvgIpc) is 3.13. The van der Waals surface area contributed by atoms with Crippen molar-refractivity contribution in [2.24, 2.45) is 0 Å². The number of ketones is 1. The fraction of sp³-hybridized carbons (Fsp3) is 0. The summed E-state index contributed by atoms with van der Waals surface area (Å²) in [6.45, 7) is 0. The van der Waals surface area contributed by atoms with E-state index in [1.54, 1.807) is 30.3 Å². The lowest BCUT2D eigenvalue weighted by Gasteiger charge is -1.97. The van der Waals surface area contributed by atoms with E-state index in [4.69, 9.17) is 0 Å². The highest BCUT2D eigenvalue weighted by Gasteiger charge is 2.11. The second kappa shape index (κ2) is 7.93. The van der Waals surface area contributed by atoms with Crippen molar-refractivity contribution in [1.82, 2.24) is 0 Å². The Morgan fingerprint density at radius 2 is 1.56 bits per heavy atom. The second-order valence-corrected chi connectivity index (χ2v) is 6.30. The highest BCUT2D eigenvalue weighted by atomic mass is 32.1. The van der Waals surface area contributed by atoms with Crippen molar-refractivity contribution in [3.8, 4) is 17.9 Å². The Balaban J connectivity index is 1.82. The molecule has 0 saturated carbocycles. The van der Waals surface area contributed by atoms with Crippen molar-refractivity contribution in [2.45, 2.75) is 0 Å². The summed E-state index contributed by atoms with van der Waals surface area (Å²) in [7, 11) is 0. The van der Waals surface area contributed by atoms with Gasteiger partial charge in [0.15, 0.2) is 0 Å². The number of carbonyl (C=O) groups excluding carboxylic acids is 1. The van der Waals surface area contributed by atoms with E-state index in [9.17, 15) is 10.1 Å². The number of nitrogens with zero attached hydrogens (tertiary/aromatic N) is 1. The van der Waals surface area contributed by atoms with E-state index in [1.165, 1.54) is 11.3 Å². The summed E-state index contributed by atoms with van der Waals surface area (Å²) in [6.07, 6.45) is 1.62. The first-order chi connectivity index (χ1) is 12.3. The zero-order valence-corrected chi connectivity index (χ0v) is 14.1. The van der Waals surface area contributed by atoms with Crippen LogP contribution in [0, 0.1) is 23.2 Å². The number of benzene rings is 2. The molecule has 0 bridgehead atoms. The van der Waals surface area contributed by atoms with Crippen molar-refractivity contribution in [2.75, 3.05) is 0 Å². The third-order valence-electron chi connectivity index (χ3n) is 3.42. The maximum Gasteiger partial charge on any atom is 0.203 e. The zero-order chi connectivity index (χ0) is 17.5. The van der Waals surface area contributed by atoms with Crippen LogP contribution in [0.1, 0.15) is 25.7 Å². The largest absolute Gasteiger partial charge is 0.288 e. The first-order valence-corrected chi connectivity index (χ1v) is 8.46. The molecule has 0 atom stereocenters. The van der Waals surface area contributed by atoms with Gasteiger partial charge in [-0.15, -0.1) is 11.3 Å². The molecule has 0 fully saturated rings. The average molecular weight is 339 g/mol. The molecule has 3 aromatic rings. The van der Waals surface area contributed by atoms with Gasteiger partial charge in [-0.1, -0.05) is 60.4 Å². The van der Waals surface area contributed by atoms with Gasteiger partial charge < -0.3 is 0 Å². The molecule has 0 amide bonds. The number of thiophene rings is 1. The van der Waals surface area contributed by atoms with Gasteiger partial charge in [0.25, 0.3) is 0 Å². The minimum Gasteiger partial charge on any atom is -0.288 e. The molecule has 0 saturated heterocycles. The molecule has 118 valence electrons. The van der Waals surface area contributed by atoms with Gasteiger partial charge in [0.2, 0.25) is 5.78 Å². The second-order valence-electron chi connectivity index (χ2n) is 5.18. The standard InChI is InChI=1S/C22H13NOS/c23-16-19(22(24)18-9-5-2-6-10-18)15-21-14-13-20(25-21)12-11-17-7-3-1-4-8-17/h1-10,13-15H/b19-15+. The van der Waals surface area contributed by atoms with Gasteiger partial charge in [0.05, 0.1) is 4.88 Å². The van der Waals surface area contributed by atoms with Crippen molar-refractivity contribution in [3.05, 3.63) is 99.3 Å². The van der Waals surface area contributed by atoms with Crippen LogP contribution in [0.2, 0.25) is 0 Å². The fourth-order valence-electron chi connectivity index (χ4n) is 2.19. The molecule has 0 spiro atoms. The Bertz CT molecular complexity index is 1010. The topological polar surface area (TPSA) is 40.9 Å². The Labute approximate surface area is 150 Å². The molecular weight excluding hydrogens is 326 g/mol. The smallest absolute Gasteiger partial charge is 0.203 e. The predicted octanol–water partition coefficient (Wildman–Crippen LogP) is 4.94. The maximum atomic E-state index is 12.4. The number of nitriles is 1. The van der Waals surface area contributed by atoms with E-state index < -0.39 is 0 Å². The Morgan fingerprint density at radius 3 is 2.24 bits per heavy atom. The molecule has 25 heavy (non-hydrogen) atoms. The van der Waals surface area contributed by atoms with Crippen LogP contribution in [0.25, 0.3) is 6.08 Å². The van der Waals surface area contributed by atoms with E-state index in [2.05, 4.69) is 11.8 Å². The monoisotopic (exact) mass is 339 g/mol. The molecule has 3 rings (SSSR count). The molecule has 2 aromatic carbocycles. The van der Waals surface area contributed by atoms with Gasteiger partial charge in [0, 0.05) is 16.0 Å². The highest BCUT2D eigenvalue weighted by Crippen LogP contribution is 2.20. The van der Waals surface area contributed by atoms with Crippen LogP contribution in [0.4, 0.5) is 0 Å². The summed E-state index contributed by atoms with van der Waals surface area (Å²) in [5.41, 5.74) is 1.58. The highest BCUT2D eigenvalue weighted by molar-refractivity contribution is 7.13. The van der Waals surface area contributed by atoms with Crippen LogP contribution in [0.3, 0.4) is 0 Å². The number of Topliss-reactive ketones (excluding diaryl/α,β-unsaturated/α-hetero) is 1. The normalized spacial score (nSPS) is 10.4. The van der Waals surface area contributed by atoms with Gasteiger partial charge in [-0.3, -0.25) is 4.79 Å². The van der Waals surface area contributed by atoms with Gasteiger partial charge in [-0.2, -0.15) is 5.26 Å².